The maximum atomic E-state index is 8.74. The molecule has 0 unspecified atom stereocenters. The molecule has 0 amide bonds. The average molecular weight is 257 g/mol. The van der Waals surface area contributed by atoms with Crippen molar-refractivity contribution in [3.63, 3.8) is 0 Å². The summed E-state index contributed by atoms with van der Waals surface area (Å²) < 4.78 is 31.6. The van der Waals surface area contributed by atoms with Crippen LogP contribution in [0.15, 0.2) is 0 Å². The second kappa shape index (κ2) is 9.09. The summed E-state index contributed by atoms with van der Waals surface area (Å²) in [5, 5.41) is 0. The Labute approximate surface area is 104 Å². The SMILES string of the molecule is O.O=S(=O)(O)O.[H-].[K+].[Ru]. The Morgan fingerprint density at radius 1 is 1.25 bits per heavy atom. The Bertz CT molecular complexity index is 100. The van der Waals surface area contributed by atoms with Gasteiger partial charge >= 0.3 is 61.8 Å². The molecule has 0 rings (SSSR count). The second-order valence-electron chi connectivity index (χ2n) is 0.448. The largest absolute Gasteiger partial charge is 1.00 e. The van der Waals surface area contributed by atoms with Crippen LogP contribution in [0.4, 0.5) is 0 Å². The topological polar surface area (TPSA) is 106 Å². The molecular weight excluding hydrogens is 252 g/mol. The van der Waals surface area contributed by atoms with Gasteiger partial charge in [0.05, 0.1) is 0 Å². The van der Waals surface area contributed by atoms with Gasteiger partial charge in [0.1, 0.15) is 0 Å². The van der Waals surface area contributed by atoms with E-state index in [0.717, 1.165) is 0 Å². The Morgan fingerprint density at radius 2 is 1.25 bits per heavy atom. The van der Waals surface area contributed by atoms with Crippen molar-refractivity contribution < 1.29 is 95.3 Å². The van der Waals surface area contributed by atoms with Crippen molar-refractivity contribution >= 4 is 10.4 Å². The van der Waals surface area contributed by atoms with E-state index in [4.69, 9.17) is 17.5 Å². The van der Waals surface area contributed by atoms with Gasteiger partial charge in [0, 0.05) is 19.5 Å². The van der Waals surface area contributed by atoms with Crippen LogP contribution in [0.1, 0.15) is 1.43 Å². The fourth-order valence-electron chi connectivity index (χ4n) is 0. The summed E-state index contributed by atoms with van der Waals surface area (Å²) in [7, 11) is -4.67. The monoisotopic (exact) mass is 258 g/mol. The summed E-state index contributed by atoms with van der Waals surface area (Å²) in [6.07, 6.45) is 0. The minimum atomic E-state index is -4.67. The minimum absolute atomic E-state index is 0. The van der Waals surface area contributed by atoms with Crippen LogP contribution in [-0.2, 0) is 29.9 Å². The Morgan fingerprint density at radius 3 is 1.25 bits per heavy atom. The van der Waals surface area contributed by atoms with Crippen molar-refractivity contribution in [1.82, 2.24) is 0 Å². The molecule has 0 saturated heterocycles. The predicted octanol–water partition coefficient (Wildman–Crippen LogP) is -4.36. The number of rotatable bonds is 0. The molecule has 0 saturated carbocycles. The van der Waals surface area contributed by atoms with Crippen molar-refractivity contribution in [2.75, 3.05) is 0 Å². The Kier molecular flexibility index (Phi) is 25.5. The normalized spacial score (nSPS) is 7.25. The molecule has 0 aromatic rings. The third-order valence-electron chi connectivity index (χ3n) is 0. The van der Waals surface area contributed by atoms with Gasteiger partial charge in [-0.25, -0.2) is 0 Å². The third-order valence-corrected chi connectivity index (χ3v) is 0. The second-order valence-corrected chi connectivity index (χ2v) is 1.34. The molecule has 0 radical (unpaired) electrons. The molecule has 4 N–H and O–H groups in total. The molecule has 0 aliphatic carbocycles. The van der Waals surface area contributed by atoms with Gasteiger partial charge in [0.2, 0.25) is 0 Å². The molecule has 8 heteroatoms. The van der Waals surface area contributed by atoms with Gasteiger partial charge in [-0.05, 0) is 0 Å². The van der Waals surface area contributed by atoms with E-state index in [0.29, 0.717) is 0 Å². The van der Waals surface area contributed by atoms with Crippen molar-refractivity contribution in [2.45, 2.75) is 0 Å². The van der Waals surface area contributed by atoms with E-state index in [1.54, 1.807) is 0 Å². The van der Waals surface area contributed by atoms with Crippen LogP contribution in [0.25, 0.3) is 0 Å². The van der Waals surface area contributed by atoms with E-state index in [-0.39, 0.29) is 77.8 Å². The fourth-order valence-corrected chi connectivity index (χ4v) is 0. The Balaban J connectivity index is -0.0000000133. The van der Waals surface area contributed by atoms with Gasteiger partial charge in [0.15, 0.2) is 0 Å². The summed E-state index contributed by atoms with van der Waals surface area (Å²) in [6.45, 7) is 0. The first-order chi connectivity index (χ1) is 2.00. The van der Waals surface area contributed by atoms with Gasteiger partial charge in [-0.3, -0.25) is 9.11 Å². The molecule has 0 atom stereocenters. The zero-order valence-electron chi connectivity index (χ0n) is 4.97. The van der Waals surface area contributed by atoms with Gasteiger partial charge in [-0.15, -0.1) is 0 Å². The smallest absolute Gasteiger partial charge is 1.00 e. The first-order valence-corrected chi connectivity index (χ1v) is 2.10. The molecule has 0 spiro atoms. The molecule has 50 valence electrons. The first-order valence-electron chi connectivity index (χ1n) is 0.698. The molecule has 0 aliphatic heterocycles. The summed E-state index contributed by atoms with van der Waals surface area (Å²) in [5.41, 5.74) is 0. The summed E-state index contributed by atoms with van der Waals surface area (Å²) in [5.74, 6) is 0. The van der Waals surface area contributed by atoms with Crippen LogP contribution < -0.4 is 51.4 Å². The zero-order valence-corrected chi connectivity index (χ0v) is 9.65. The van der Waals surface area contributed by atoms with Crippen molar-refractivity contribution in [1.29, 1.82) is 0 Å². The van der Waals surface area contributed by atoms with E-state index < -0.39 is 10.4 Å². The average Bonchev–Trinajstić information content (AvgIpc) is 0.722. The van der Waals surface area contributed by atoms with Crippen LogP contribution in [0, 0.1) is 0 Å². The molecule has 0 heterocycles. The van der Waals surface area contributed by atoms with E-state index in [1.165, 1.54) is 0 Å². The van der Waals surface area contributed by atoms with E-state index in [2.05, 4.69) is 0 Å². The van der Waals surface area contributed by atoms with Gasteiger partial charge in [-0.1, -0.05) is 0 Å². The van der Waals surface area contributed by atoms with Crippen LogP contribution in [0.2, 0.25) is 0 Å². The molecule has 0 fully saturated rings. The molecular formula is H5KO5RuS. The Hall–Kier alpha value is 2.09. The van der Waals surface area contributed by atoms with Crippen LogP contribution in [0.3, 0.4) is 0 Å². The van der Waals surface area contributed by atoms with Gasteiger partial charge in [0.25, 0.3) is 0 Å². The van der Waals surface area contributed by atoms with E-state index >= 15 is 0 Å². The van der Waals surface area contributed by atoms with Crippen molar-refractivity contribution in [3.8, 4) is 0 Å². The molecule has 0 aromatic heterocycles. The summed E-state index contributed by atoms with van der Waals surface area (Å²) >= 11 is 0. The molecule has 0 aliphatic rings. The maximum absolute atomic E-state index is 8.74. The maximum Gasteiger partial charge on any atom is 1.00 e. The third kappa shape index (κ3) is 93.1. The van der Waals surface area contributed by atoms with E-state index in [1.807, 2.05) is 0 Å². The first kappa shape index (κ1) is 22.5. The van der Waals surface area contributed by atoms with Gasteiger partial charge < -0.3 is 6.90 Å². The molecule has 5 nitrogen and oxygen atoms in total. The minimum Gasteiger partial charge on any atom is -1.00 e. The quantitative estimate of drug-likeness (QED) is 0.338. The summed E-state index contributed by atoms with van der Waals surface area (Å²) in [6, 6.07) is 0. The molecule has 0 aromatic carbocycles. The molecule has 0 bridgehead atoms. The van der Waals surface area contributed by atoms with E-state index in [9.17, 15) is 0 Å². The van der Waals surface area contributed by atoms with Crippen molar-refractivity contribution in [3.05, 3.63) is 0 Å². The number of hydrogen-bond donors (Lipinski definition) is 2. The predicted molar refractivity (Wildman–Crippen MR) is 18.9 cm³/mol. The molecule has 8 heavy (non-hydrogen) atoms. The van der Waals surface area contributed by atoms with Crippen LogP contribution >= 0.6 is 0 Å². The van der Waals surface area contributed by atoms with Gasteiger partial charge in [-0.2, -0.15) is 8.42 Å². The van der Waals surface area contributed by atoms with Crippen LogP contribution in [0.5, 0.6) is 0 Å². The zero-order chi connectivity index (χ0) is 4.50. The van der Waals surface area contributed by atoms with Crippen LogP contribution in [-0.4, -0.2) is 23.0 Å². The summed E-state index contributed by atoms with van der Waals surface area (Å²) in [4.78, 5) is 0. The standard InChI is InChI=1S/K.H2O4S.H2O.Ru.H/c;1-5(2,3)4;;;/h;(H2,1,2,3,4);1H2;;/q+1;;;;-1. The number of hydrogen-bond acceptors (Lipinski definition) is 2. The van der Waals surface area contributed by atoms with Crippen molar-refractivity contribution in [2.24, 2.45) is 0 Å². The fraction of sp³-hybridized carbons (Fsp3) is 0.